The third-order valence-electron chi connectivity index (χ3n) is 4.68. The Hall–Kier alpha value is -0.320. The van der Waals surface area contributed by atoms with E-state index in [0.717, 1.165) is 44.9 Å². The van der Waals surface area contributed by atoms with E-state index in [9.17, 15) is 4.79 Å². The molecular formula is C14H27ClN2O2. The minimum absolute atomic E-state index is 0. The van der Waals surface area contributed by atoms with Crippen LogP contribution in [-0.2, 0) is 9.53 Å². The fourth-order valence-corrected chi connectivity index (χ4v) is 3.09. The van der Waals surface area contributed by atoms with E-state index in [1.807, 2.05) is 0 Å². The van der Waals surface area contributed by atoms with Gasteiger partial charge in [0.25, 0.3) is 0 Å². The Morgan fingerprint density at radius 3 is 2.42 bits per heavy atom. The van der Waals surface area contributed by atoms with Gasteiger partial charge in [-0.05, 0) is 44.9 Å². The van der Waals surface area contributed by atoms with Crippen molar-refractivity contribution in [3.63, 3.8) is 0 Å². The fourth-order valence-electron chi connectivity index (χ4n) is 3.09. The molecular weight excluding hydrogens is 264 g/mol. The van der Waals surface area contributed by atoms with Crippen LogP contribution in [0.5, 0.6) is 0 Å². The fraction of sp³-hybridized carbons (Fsp3) is 0.929. The van der Waals surface area contributed by atoms with E-state index in [-0.39, 0.29) is 23.7 Å². The maximum atomic E-state index is 12.4. The molecule has 19 heavy (non-hydrogen) atoms. The topological polar surface area (TPSA) is 64.3 Å². The second-order valence-electron chi connectivity index (χ2n) is 5.96. The standard InChI is InChI=1S/C14H26N2O2.ClH/c1-18-10-9-14(7-2-8-14)13(17)16-12-5-3-11(15)4-6-12;/h11-12H,2-10,15H2,1H3,(H,16,17);1H. The Kier molecular flexibility index (Phi) is 6.57. The molecule has 2 saturated carbocycles. The first kappa shape index (κ1) is 16.7. The minimum atomic E-state index is -0.129. The predicted molar refractivity (Wildman–Crippen MR) is 78.4 cm³/mol. The third-order valence-corrected chi connectivity index (χ3v) is 4.68. The number of hydrogen-bond donors (Lipinski definition) is 2. The number of hydrogen-bond acceptors (Lipinski definition) is 3. The number of rotatable bonds is 5. The van der Waals surface area contributed by atoms with Crippen molar-refractivity contribution in [2.45, 2.75) is 63.5 Å². The number of halogens is 1. The third kappa shape index (κ3) is 4.07. The Morgan fingerprint density at radius 2 is 1.95 bits per heavy atom. The Bertz CT molecular complexity index is 287. The van der Waals surface area contributed by atoms with Gasteiger partial charge in [0.05, 0.1) is 5.41 Å². The molecule has 0 saturated heterocycles. The zero-order valence-corrected chi connectivity index (χ0v) is 12.6. The Balaban J connectivity index is 0.00000180. The monoisotopic (exact) mass is 290 g/mol. The SMILES string of the molecule is COCCC1(C(=O)NC2CCC(N)CC2)CCC1.Cl. The predicted octanol–water partition coefficient (Wildman–Crippen LogP) is 2.00. The van der Waals surface area contributed by atoms with Gasteiger partial charge < -0.3 is 15.8 Å². The summed E-state index contributed by atoms with van der Waals surface area (Å²) >= 11 is 0. The van der Waals surface area contributed by atoms with Gasteiger partial charge in [-0.15, -0.1) is 12.4 Å². The number of nitrogens with two attached hydrogens (primary N) is 1. The van der Waals surface area contributed by atoms with Crippen LogP contribution >= 0.6 is 12.4 Å². The molecule has 5 heteroatoms. The maximum Gasteiger partial charge on any atom is 0.226 e. The van der Waals surface area contributed by atoms with E-state index in [4.69, 9.17) is 10.5 Å². The van der Waals surface area contributed by atoms with Gasteiger partial charge in [0.15, 0.2) is 0 Å². The maximum absolute atomic E-state index is 12.4. The largest absolute Gasteiger partial charge is 0.385 e. The Morgan fingerprint density at radius 1 is 1.32 bits per heavy atom. The van der Waals surface area contributed by atoms with Gasteiger partial charge in [-0.3, -0.25) is 4.79 Å². The van der Waals surface area contributed by atoms with Crippen LogP contribution in [0.1, 0.15) is 51.4 Å². The molecule has 0 atom stereocenters. The molecule has 0 heterocycles. The summed E-state index contributed by atoms with van der Waals surface area (Å²) in [6, 6.07) is 0.682. The number of ether oxygens (including phenoxy) is 1. The molecule has 2 fully saturated rings. The molecule has 0 aromatic carbocycles. The number of methoxy groups -OCH3 is 1. The second-order valence-corrected chi connectivity index (χ2v) is 5.96. The molecule has 0 radical (unpaired) electrons. The van der Waals surface area contributed by atoms with Gasteiger partial charge in [-0.1, -0.05) is 6.42 Å². The lowest BCUT2D eigenvalue weighted by atomic mass is 9.66. The quantitative estimate of drug-likeness (QED) is 0.814. The highest BCUT2D eigenvalue weighted by molar-refractivity contribution is 5.85. The van der Waals surface area contributed by atoms with Crippen molar-refractivity contribution in [2.75, 3.05) is 13.7 Å². The molecule has 3 N–H and O–H groups in total. The second kappa shape index (κ2) is 7.46. The minimum Gasteiger partial charge on any atom is -0.385 e. The highest BCUT2D eigenvalue weighted by atomic mass is 35.5. The first-order valence-corrected chi connectivity index (χ1v) is 7.22. The van der Waals surface area contributed by atoms with Gasteiger partial charge >= 0.3 is 0 Å². The first-order valence-electron chi connectivity index (χ1n) is 7.22. The number of nitrogens with one attached hydrogen (secondary N) is 1. The zero-order valence-electron chi connectivity index (χ0n) is 11.8. The van der Waals surface area contributed by atoms with Crippen molar-refractivity contribution in [1.82, 2.24) is 5.32 Å². The molecule has 0 aromatic heterocycles. The molecule has 2 aliphatic carbocycles. The van der Waals surface area contributed by atoms with Crippen molar-refractivity contribution in [2.24, 2.45) is 11.1 Å². The van der Waals surface area contributed by atoms with E-state index in [0.29, 0.717) is 18.7 Å². The lowest BCUT2D eigenvalue weighted by molar-refractivity contribution is -0.138. The lowest BCUT2D eigenvalue weighted by Crippen LogP contribution is -2.50. The van der Waals surface area contributed by atoms with Crippen LogP contribution in [0.15, 0.2) is 0 Å². The molecule has 1 amide bonds. The van der Waals surface area contributed by atoms with Crippen molar-refractivity contribution in [3.05, 3.63) is 0 Å². The van der Waals surface area contributed by atoms with Gasteiger partial charge in [-0.2, -0.15) is 0 Å². The summed E-state index contributed by atoms with van der Waals surface area (Å²) in [5, 5.41) is 3.24. The van der Waals surface area contributed by atoms with Crippen molar-refractivity contribution in [3.8, 4) is 0 Å². The number of carbonyl (C=O) groups is 1. The molecule has 0 bridgehead atoms. The number of amides is 1. The molecule has 112 valence electrons. The van der Waals surface area contributed by atoms with Crippen LogP contribution in [0.3, 0.4) is 0 Å². The summed E-state index contributed by atoms with van der Waals surface area (Å²) < 4.78 is 5.13. The van der Waals surface area contributed by atoms with E-state index in [2.05, 4.69) is 5.32 Å². The van der Waals surface area contributed by atoms with E-state index < -0.39 is 0 Å². The molecule has 4 nitrogen and oxygen atoms in total. The van der Waals surface area contributed by atoms with E-state index >= 15 is 0 Å². The summed E-state index contributed by atoms with van der Waals surface area (Å²) in [7, 11) is 1.70. The van der Waals surface area contributed by atoms with Crippen LogP contribution in [0.2, 0.25) is 0 Å². The van der Waals surface area contributed by atoms with Gasteiger partial charge in [0.1, 0.15) is 0 Å². The van der Waals surface area contributed by atoms with Crippen LogP contribution < -0.4 is 11.1 Å². The van der Waals surface area contributed by atoms with Crippen molar-refractivity contribution < 1.29 is 9.53 Å². The first-order chi connectivity index (χ1) is 8.66. The average molecular weight is 291 g/mol. The molecule has 0 unspecified atom stereocenters. The highest BCUT2D eigenvalue weighted by Crippen LogP contribution is 2.44. The normalized spacial score (nSPS) is 28.9. The average Bonchev–Trinajstić information content (AvgIpc) is 2.31. The van der Waals surface area contributed by atoms with Crippen molar-refractivity contribution in [1.29, 1.82) is 0 Å². The Labute approximate surface area is 122 Å². The van der Waals surface area contributed by atoms with Crippen LogP contribution in [0, 0.1) is 5.41 Å². The summed E-state index contributed by atoms with van der Waals surface area (Å²) in [4.78, 5) is 12.4. The lowest BCUT2D eigenvalue weighted by Gasteiger charge is -2.41. The smallest absolute Gasteiger partial charge is 0.226 e. The summed E-state index contributed by atoms with van der Waals surface area (Å²) in [5.41, 5.74) is 5.76. The van der Waals surface area contributed by atoms with Crippen LogP contribution in [0.4, 0.5) is 0 Å². The van der Waals surface area contributed by atoms with Crippen LogP contribution in [0.25, 0.3) is 0 Å². The van der Waals surface area contributed by atoms with E-state index in [1.54, 1.807) is 7.11 Å². The van der Waals surface area contributed by atoms with Crippen LogP contribution in [-0.4, -0.2) is 31.7 Å². The van der Waals surface area contributed by atoms with Gasteiger partial charge in [0.2, 0.25) is 5.91 Å². The van der Waals surface area contributed by atoms with E-state index in [1.165, 1.54) is 6.42 Å². The zero-order chi connectivity index (χ0) is 13.0. The van der Waals surface area contributed by atoms with Gasteiger partial charge in [0, 0.05) is 25.8 Å². The summed E-state index contributed by atoms with van der Waals surface area (Å²) in [5.74, 6) is 0.256. The molecule has 2 aliphatic rings. The highest BCUT2D eigenvalue weighted by Gasteiger charge is 2.44. The van der Waals surface area contributed by atoms with Crippen molar-refractivity contribution >= 4 is 18.3 Å². The number of carbonyl (C=O) groups excluding carboxylic acids is 1. The molecule has 0 aliphatic heterocycles. The molecule has 0 spiro atoms. The molecule has 2 rings (SSSR count). The summed E-state index contributed by atoms with van der Waals surface area (Å²) in [6.07, 6.45) is 8.23. The van der Waals surface area contributed by atoms with Gasteiger partial charge in [-0.25, -0.2) is 0 Å². The summed E-state index contributed by atoms with van der Waals surface area (Å²) in [6.45, 7) is 0.683. The molecule has 0 aromatic rings.